The number of carbonyl (C=O) groups is 1. The highest BCUT2D eigenvalue weighted by Crippen LogP contribution is 2.23. The minimum absolute atomic E-state index is 0.0995. The van der Waals surface area contributed by atoms with Crippen LogP contribution in [0.1, 0.15) is 54.6 Å². The first kappa shape index (κ1) is 21.8. The van der Waals surface area contributed by atoms with Gasteiger partial charge in [0.2, 0.25) is 0 Å². The summed E-state index contributed by atoms with van der Waals surface area (Å²) in [6.45, 7) is 4.96. The molecular weight excluding hydrogens is 414 g/mol. The molecular formula is C25H33N7O. The molecule has 0 atom stereocenters. The summed E-state index contributed by atoms with van der Waals surface area (Å²) in [5, 5.41) is 8.58. The lowest BCUT2D eigenvalue weighted by Gasteiger charge is -2.32. The number of amides is 1. The van der Waals surface area contributed by atoms with Gasteiger partial charge in [0.1, 0.15) is 5.82 Å². The first-order chi connectivity index (χ1) is 16.2. The largest absolute Gasteiger partial charge is 0.357 e. The predicted octanol–water partition coefficient (Wildman–Crippen LogP) is 3.14. The minimum atomic E-state index is -0.0995. The predicted molar refractivity (Wildman–Crippen MR) is 129 cm³/mol. The Bertz CT molecular complexity index is 1080. The Hall–Kier alpha value is -3.00. The molecule has 0 aliphatic carbocycles. The van der Waals surface area contributed by atoms with E-state index in [0.717, 1.165) is 62.4 Å². The van der Waals surface area contributed by atoms with E-state index >= 15 is 0 Å². The van der Waals surface area contributed by atoms with Crippen molar-refractivity contribution in [2.24, 2.45) is 7.05 Å². The van der Waals surface area contributed by atoms with E-state index in [9.17, 15) is 4.79 Å². The third-order valence-electron chi connectivity index (χ3n) is 6.90. The van der Waals surface area contributed by atoms with Gasteiger partial charge >= 0.3 is 0 Å². The van der Waals surface area contributed by atoms with Gasteiger partial charge in [-0.1, -0.05) is 12.8 Å². The Morgan fingerprint density at radius 2 is 1.73 bits per heavy atom. The van der Waals surface area contributed by atoms with Crippen LogP contribution < -0.4 is 10.2 Å². The van der Waals surface area contributed by atoms with Gasteiger partial charge in [-0.25, -0.2) is 9.67 Å². The van der Waals surface area contributed by atoms with Crippen LogP contribution in [-0.2, 0) is 13.6 Å². The number of pyridine rings is 2. The van der Waals surface area contributed by atoms with E-state index in [-0.39, 0.29) is 11.9 Å². The number of fused-ring (bicyclic) bond motifs is 1. The van der Waals surface area contributed by atoms with Crippen molar-refractivity contribution >= 4 is 22.8 Å². The Kier molecular flexibility index (Phi) is 6.53. The maximum Gasteiger partial charge on any atom is 0.272 e. The number of aryl methyl sites for hydroxylation is 1. The molecule has 0 bridgehead atoms. The number of likely N-dealkylation sites (tertiary alicyclic amines) is 1. The van der Waals surface area contributed by atoms with Gasteiger partial charge in [0.05, 0.1) is 5.39 Å². The molecule has 0 spiro atoms. The highest BCUT2D eigenvalue weighted by molar-refractivity contribution is 6.04. The molecule has 2 aliphatic rings. The molecule has 3 aromatic rings. The van der Waals surface area contributed by atoms with Crippen molar-refractivity contribution in [3.63, 3.8) is 0 Å². The van der Waals surface area contributed by atoms with Gasteiger partial charge in [0, 0.05) is 58.2 Å². The van der Waals surface area contributed by atoms with E-state index in [1.807, 2.05) is 31.6 Å². The van der Waals surface area contributed by atoms with Crippen LogP contribution in [0.15, 0.2) is 36.7 Å². The molecule has 5 rings (SSSR count). The average Bonchev–Trinajstić information content (AvgIpc) is 3.00. The van der Waals surface area contributed by atoms with Gasteiger partial charge in [0.15, 0.2) is 11.3 Å². The summed E-state index contributed by atoms with van der Waals surface area (Å²) in [6.07, 6.45) is 10.6. The van der Waals surface area contributed by atoms with Crippen LogP contribution in [-0.4, -0.2) is 62.8 Å². The normalized spacial score (nSPS) is 18.4. The van der Waals surface area contributed by atoms with Crippen molar-refractivity contribution < 1.29 is 4.79 Å². The van der Waals surface area contributed by atoms with Gasteiger partial charge in [0.25, 0.3) is 5.91 Å². The molecule has 1 N–H and O–H groups in total. The van der Waals surface area contributed by atoms with E-state index < -0.39 is 0 Å². The molecule has 0 saturated carbocycles. The van der Waals surface area contributed by atoms with E-state index in [2.05, 4.69) is 37.3 Å². The summed E-state index contributed by atoms with van der Waals surface area (Å²) in [5.41, 5.74) is 2.52. The molecule has 33 heavy (non-hydrogen) atoms. The maximum atomic E-state index is 13.1. The molecule has 3 aromatic heterocycles. The summed E-state index contributed by atoms with van der Waals surface area (Å²) in [4.78, 5) is 26.9. The number of hydrogen-bond acceptors (Lipinski definition) is 6. The van der Waals surface area contributed by atoms with Crippen LogP contribution in [0.2, 0.25) is 0 Å². The molecule has 5 heterocycles. The molecule has 174 valence electrons. The first-order valence-corrected chi connectivity index (χ1v) is 12.2. The molecule has 8 heteroatoms. The first-order valence-electron chi connectivity index (χ1n) is 12.2. The Labute approximate surface area is 195 Å². The van der Waals surface area contributed by atoms with E-state index in [4.69, 9.17) is 4.98 Å². The topological polar surface area (TPSA) is 79.2 Å². The smallest absolute Gasteiger partial charge is 0.272 e. The minimum Gasteiger partial charge on any atom is -0.357 e. The summed E-state index contributed by atoms with van der Waals surface area (Å²) in [6, 6.07) is 8.36. The lowest BCUT2D eigenvalue weighted by atomic mass is 10.0. The Morgan fingerprint density at radius 1 is 1.00 bits per heavy atom. The zero-order valence-electron chi connectivity index (χ0n) is 19.4. The third-order valence-corrected chi connectivity index (χ3v) is 6.90. The quantitative estimate of drug-likeness (QED) is 0.647. The van der Waals surface area contributed by atoms with E-state index in [0.29, 0.717) is 5.69 Å². The standard InChI is InChI=1S/C25H33N7O/c1-30-24-21(6-7-22(28-24)32-14-4-2-3-5-15-32)23(29-30)25(33)27-20-10-16-31(17-11-20)18-19-8-12-26-13-9-19/h6-9,12-13,20H,2-5,10-11,14-18H2,1H3,(H,27,33). The zero-order chi connectivity index (χ0) is 22.6. The molecule has 2 saturated heterocycles. The van der Waals surface area contributed by atoms with Crippen LogP contribution >= 0.6 is 0 Å². The summed E-state index contributed by atoms with van der Waals surface area (Å²) in [7, 11) is 1.87. The lowest BCUT2D eigenvalue weighted by Crippen LogP contribution is -2.44. The SMILES string of the molecule is Cn1nc(C(=O)NC2CCN(Cc3ccncc3)CC2)c2ccc(N3CCCCCC3)nc21. The number of anilines is 1. The van der Waals surface area contributed by atoms with Crippen LogP contribution in [0.25, 0.3) is 11.0 Å². The average molecular weight is 448 g/mol. The second kappa shape index (κ2) is 9.87. The van der Waals surface area contributed by atoms with Crippen LogP contribution in [0.3, 0.4) is 0 Å². The van der Waals surface area contributed by atoms with Crippen molar-refractivity contribution in [2.45, 2.75) is 51.1 Å². The zero-order valence-corrected chi connectivity index (χ0v) is 19.4. The highest BCUT2D eigenvalue weighted by Gasteiger charge is 2.24. The van der Waals surface area contributed by atoms with Crippen molar-refractivity contribution in [3.8, 4) is 0 Å². The van der Waals surface area contributed by atoms with Gasteiger partial charge in [-0.15, -0.1) is 0 Å². The third kappa shape index (κ3) is 5.00. The molecule has 8 nitrogen and oxygen atoms in total. The lowest BCUT2D eigenvalue weighted by molar-refractivity contribution is 0.0904. The number of rotatable bonds is 5. The summed E-state index contributed by atoms with van der Waals surface area (Å²) < 4.78 is 1.74. The van der Waals surface area contributed by atoms with E-state index in [1.54, 1.807) is 4.68 Å². The maximum absolute atomic E-state index is 13.1. The monoisotopic (exact) mass is 447 g/mol. The highest BCUT2D eigenvalue weighted by atomic mass is 16.2. The number of nitrogens with one attached hydrogen (secondary N) is 1. The van der Waals surface area contributed by atoms with Crippen molar-refractivity contribution in [1.29, 1.82) is 0 Å². The number of piperidine rings is 1. The van der Waals surface area contributed by atoms with Crippen LogP contribution in [0, 0.1) is 0 Å². The molecule has 0 aromatic carbocycles. The summed E-state index contributed by atoms with van der Waals surface area (Å²) >= 11 is 0. The van der Waals surface area contributed by atoms with Crippen molar-refractivity contribution in [1.82, 2.24) is 30.0 Å². The van der Waals surface area contributed by atoms with Crippen LogP contribution in [0.5, 0.6) is 0 Å². The molecule has 0 radical (unpaired) electrons. The Balaban J connectivity index is 1.22. The fourth-order valence-corrected chi connectivity index (χ4v) is 5.00. The van der Waals surface area contributed by atoms with Gasteiger partial charge in [-0.3, -0.25) is 14.7 Å². The van der Waals surface area contributed by atoms with Gasteiger partial charge < -0.3 is 10.2 Å². The molecule has 2 aliphatic heterocycles. The number of aromatic nitrogens is 4. The molecule has 2 fully saturated rings. The second-order valence-electron chi connectivity index (χ2n) is 9.29. The van der Waals surface area contributed by atoms with E-state index in [1.165, 1.54) is 31.2 Å². The molecule has 0 unspecified atom stereocenters. The number of nitrogens with zero attached hydrogens (tertiary/aromatic N) is 6. The molecule has 1 amide bonds. The van der Waals surface area contributed by atoms with Crippen molar-refractivity contribution in [2.75, 3.05) is 31.1 Å². The number of hydrogen-bond donors (Lipinski definition) is 1. The fraction of sp³-hybridized carbons (Fsp3) is 0.520. The van der Waals surface area contributed by atoms with Crippen LogP contribution in [0.4, 0.5) is 5.82 Å². The van der Waals surface area contributed by atoms with Crippen molar-refractivity contribution in [3.05, 3.63) is 47.9 Å². The van der Waals surface area contributed by atoms with Gasteiger partial charge in [-0.2, -0.15) is 5.10 Å². The van der Waals surface area contributed by atoms with Gasteiger partial charge in [-0.05, 0) is 55.5 Å². The Morgan fingerprint density at radius 3 is 2.45 bits per heavy atom. The fourth-order valence-electron chi connectivity index (χ4n) is 5.00. The second-order valence-corrected chi connectivity index (χ2v) is 9.29. The number of carbonyl (C=O) groups excluding carboxylic acids is 1. The summed E-state index contributed by atoms with van der Waals surface area (Å²) in [5.74, 6) is 0.887.